The Morgan fingerprint density at radius 1 is 1.06 bits per heavy atom. The molecule has 9 heteroatoms. The maximum absolute atomic E-state index is 13.3. The Balaban J connectivity index is 1.40. The number of H-pyrrole nitrogens is 1. The zero-order valence-electron chi connectivity index (χ0n) is 21.0. The number of hydrogen-bond donors (Lipinski definition) is 3. The standard InChI is InChI=1S/C27H33N5O4/c1-15-23(27(34)32-19-8-6-18(7-9-19)31-16(2)33)25-26(30-15)24(28-14-29-25)21-11-10-20(35-3)12-22(21)36-13-17-4-5-17/h10-12,14,17-19,30H,4-9,13H2,1-3H3,(H,31,33)(H,32,34)/t18-,19+. The smallest absolute Gasteiger partial charge is 0.255 e. The molecular formula is C27H33N5O4. The van der Waals surface area contributed by atoms with Crippen LogP contribution in [-0.4, -0.2) is 52.6 Å². The molecule has 2 saturated carbocycles. The average Bonchev–Trinajstić information content (AvgIpc) is 3.63. The van der Waals surface area contributed by atoms with E-state index in [1.807, 2.05) is 25.1 Å². The Labute approximate surface area is 210 Å². The fourth-order valence-corrected chi connectivity index (χ4v) is 4.97. The van der Waals surface area contributed by atoms with Crippen LogP contribution in [0, 0.1) is 12.8 Å². The van der Waals surface area contributed by atoms with Crippen molar-refractivity contribution in [1.29, 1.82) is 0 Å². The van der Waals surface area contributed by atoms with Gasteiger partial charge >= 0.3 is 0 Å². The third-order valence-corrected chi connectivity index (χ3v) is 7.08. The third-order valence-electron chi connectivity index (χ3n) is 7.08. The highest BCUT2D eigenvalue weighted by Gasteiger charge is 2.27. The minimum atomic E-state index is -0.147. The zero-order chi connectivity index (χ0) is 25.2. The van der Waals surface area contributed by atoms with E-state index in [1.54, 1.807) is 7.11 Å². The average molecular weight is 492 g/mol. The second-order valence-electron chi connectivity index (χ2n) is 9.91. The van der Waals surface area contributed by atoms with Crippen molar-refractivity contribution in [2.45, 2.75) is 64.5 Å². The summed E-state index contributed by atoms with van der Waals surface area (Å²) in [5.41, 5.74) is 4.08. The number of rotatable bonds is 8. The summed E-state index contributed by atoms with van der Waals surface area (Å²) in [6, 6.07) is 5.95. The highest BCUT2D eigenvalue weighted by Crippen LogP contribution is 2.38. The topological polar surface area (TPSA) is 118 Å². The van der Waals surface area contributed by atoms with Gasteiger partial charge in [0.2, 0.25) is 5.91 Å². The van der Waals surface area contributed by atoms with Crippen LogP contribution in [0.3, 0.4) is 0 Å². The van der Waals surface area contributed by atoms with Crippen molar-refractivity contribution in [2.24, 2.45) is 5.92 Å². The molecule has 0 saturated heterocycles. The molecule has 9 nitrogen and oxygen atoms in total. The molecule has 0 aliphatic heterocycles. The van der Waals surface area contributed by atoms with Crippen LogP contribution in [0.1, 0.15) is 61.5 Å². The maximum Gasteiger partial charge on any atom is 0.255 e. The summed E-state index contributed by atoms with van der Waals surface area (Å²) in [4.78, 5) is 37.1. The molecule has 36 heavy (non-hydrogen) atoms. The number of aromatic amines is 1. The monoisotopic (exact) mass is 491 g/mol. The molecular weight excluding hydrogens is 458 g/mol. The van der Waals surface area contributed by atoms with Crippen LogP contribution in [-0.2, 0) is 4.79 Å². The summed E-state index contributed by atoms with van der Waals surface area (Å²) in [5.74, 6) is 1.86. The van der Waals surface area contributed by atoms with Gasteiger partial charge in [0.1, 0.15) is 29.0 Å². The van der Waals surface area contributed by atoms with E-state index in [0.29, 0.717) is 46.3 Å². The fraction of sp³-hybridized carbons (Fsp3) is 0.481. The van der Waals surface area contributed by atoms with E-state index in [1.165, 1.54) is 26.1 Å². The van der Waals surface area contributed by atoms with Gasteiger partial charge in [-0.15, -0.1) is 0 Å². The molecule has 3 aromatic rings. The lowest BCUT2D eigenvalue weighted by atomic mass is 9.91. The van der Waals surface area contributed by atoms with Gasteiger partial charge in [0.25, 0.3) is 5.91 Å². The molecule has 1 aromatic carbocycles. The third kappa shape index (κ3) is 5.15. The van der Waals surface area contributed by atoms with Gasteiger partial charge in [-0.2, -0.15) is 0 Å². The van der Waals surface area contributed by atoms with Gasteiger partial charge < -0.3 is 25.1 Å². The summed E-state index contributed by atoms with van der Waals surface area (Å²) in [6.45, 7) is 4.08. The van der Waals surface area contributed by atoms with Gasteiger partial charge in [-0.1, -0.05) is 0 Å². The lowest BCUT2D eigenvalue weighted by Gasteiger charge is -2.29. The van der Waals surface area contributed by atoms with E-state index in [-0.39, 0.29) is 23.9 Å². The summed E-state index contributed by atoms with van der Waals surface area (Å²) >= 11 is 0. The summed E-state index contributed by atoms with van der Waals surface area (Å²) < 4.78 is 11.6. The molecule has 5 rings (SSSR count). The molecule has 2 amide bonds. The van der Waals surface area contributed by atoms with Gasteiger partial charge in [0.15, 0.2) is 0 Å². The molecule has 2 aliphatic carbocycles. The first kappa shape index (κ1) is 24.1. The van der Waals surface area contributed by atoms with Crippen LogP contribution in [0.5, 0.6) is 11.5 Å². The van der Waals surface area contributed by atoms with Crippen LogP contribution in [0.2, 0.25) is 0 Å². The lowest BCUT2D eigenvalue weighted by molar-refractivity contribution is -0.119. The quantitative estimate of drug-likeness (QED) is 0.440. The number of carbonyl (C=O) groups excluding carboxylic acids is 2. The highest BCUT2D eigenvalue weighted by molar-refractivity contribution is 6.09. The summed E-state index contributed by atoms with van der Waals surface area (Å²) in [6.07, 6.45) is 7.24. The molecule has 2 fully saturated rings. The van der Waals surface area contributed by atoms with Gasteiger partial charge in [-0.05, 0) is 63.5 Å². The maximum atomic E-state index is 13.3. The van der Waals surface area contributed by atoms with E-state index < -0.39 is 0 Å². The first-order valence-electron chi connectivity index (χ1n) is 12.7. The molecule has 2 aliphatic rings. The van der Waals surface area contributed by atoms with E-state index in [4.69, 9.17) is 9.47 Å². The number of fused-ring (bicyclic) bond motifs is 1. The number of hydrogen-bond acceptors (Lipinski definition) is 6. The van der Waals surface area contributed by atoms with Crippen molar-refractivity contribution in [3.8, 4) is 22.8 Å². The molecule has 2 heterocycles. The number of methoxy groups -OCH3 is 1. The first-order chi connectivity index (χ1) is 17.4. The van der Waals surface area contributed by atoms with Crippen molar-refractivity contribution >= 4 is 22.8 Å². The van der Waals surface area contributed by atoms with Gasteiger partial charge in [0.05, 0.1) is 24.8 Å². The van der Waals surface area contributed by atoms with E-state index in [0.717, 1.165) is 36.9 Å². The molecule has 0 spiro atoms. The molecule has 0 bridgehead atoms. The second-order valence-corrected chi connectivity index (χ2v) is 9.91. The number of carbonyl (C=O) groups is 2. The number of ether oxygens (including phenoxy) is 2. The van der Waals surface area contributed by atoms with Crippen LogP contribution >= 0.6 is 0 Å². The lowest BCUT2D eigenvalue weighted by Crippen LogP contribution is -2.43. The molecule has 2 aromatic heterocycles. The predicted octanol–water partition coefficient (Wildman–Crippen LogP) is 3.91. The summed E-state index contributed by atoms with van der Waals surface area (Å²) in [7, 11) is 1.63. The fourth-order valence-electron chi connectivity index (χ4n) is 4.97. The number of nitrogens with zero attached hydrogens (tertiary/aromatic N) is 2. The van der Waals surface area contributed by atoms with Gasteiger partial charge in [-0.25, -0.2) is 9.97 Å². The second kappa shape index (κ2) is 10.2. The van der Waals surface area contributed by atoms with Crippen LogP contribution in [0.15, 0.2) is 24.5 Å². The van der Waals surface area contributed by atoms with Crippen molar-refractivity contribution in [3.05, 3.63) is 35.8 Å². The van der Waals surface area contributed by atoms with Crippen molar-refractivity contribution in [2.75, 3.05) is 13.7 Å². The number of nitrogens with one attached hydrogen (secondary N) is 3. The number of aryl methyl sites for hydroxylation is 1. The number of aromatic nitrogens is 3. The van der Waals surface area contributed by atoms with Crippen molar-refractivity contribution in [1.82, 2.24) is 25.6 Å². The van der Waals surface area contributed by atoms with Crippen molar-refractivity contribution in [3.63, 3.8) is 0 Å². The Kier molecular flexibility index (Phi) is 6.80. The largest absolute Gasteiger partial charge is 0.497 e. The van der Waals surface area contributed by atoms with Gasteiger partial charge in [0, 0.05) is 36.3 Å². The van der Waals surface area contributed by atoms with Crippen LogP contribution < -0.4 is 20.1 Å². The molecule has 3 N–H and O–H groups in total. The van der Waals surface area contributed by atoms with Crippen molar-refractivity contribution < 1.29 is 19.1 Å². The van der Waals surface area contributed by atoms with E-state index in [2.05, 4.69) is 25.6 Å². The van der Waals surface area contributed by atoms with E-state index >= 15 is 0 Å². The highest BCUT2D eigenvalue weighted by atomic mass is 16.5. The Morgan fingerprint density at radius 2 is 1.78 bits per heavy atom. The first-order valence-corrected chi connectivity index (χ1v) is 12.7. The summed E-state index contributed by atoms with van der Waals surface area (Å²) in [5, 5.41) is 6.16. The number of amides is 2. The Morgan fingerprint density at radius 3 is 2.44 bits per heavy atom. The molecule has 190 valence electrons. The van der Waals surface area contributed by atoms with Gasteiger partial charge in [-0.3, -0.25) is 9.59 Å². The Hall–Kier alpha value is -3.62. The molecule has 0 unspecified atom stereocenters. The van der Waals surface area contributed by atoms with Crippen LogP contribution in [0.25, 0.3) is 22.3 Å². The minimum Gasteiger partial charge on any atom is -0.497 e. The molecule has 0 radical (unpaired) electrons. The predicted molar refractivity (Wildman–Crippen MR) is 136 cm³/mol. The number of benzene rings is 1. The molecule has 0 atom stereocenters. The Bertz CT molecular complexity index is 1270. The van der Waals surface area contributed by atoms with E-state index in [9.17, 15) is 9.59 Å². The normalized spacial score (nSPS) is 19.6. The van der Waals surface area contributed by atoms with Crippen LogP contribution in [0.4, 0.5) is 0 Å². The zero-order valence-corrected chi connectivity index (χ0v) is 21.0. The minimum absolute atomic E-state index is 0.00894. The SMILES string of the molecule is COc1ccc(-c2ncnc3c(C(=O)N[C@H]4CC[C@@H](NC(C)=O)CC4)c(C)[nH]c23)c(OCC2CC2)c1.